The van der Waals surface area contributed by atoms with Gasteiger partial charge in [-0.15, -0.1) is 0 Å². The lowest BCUT2D eigenvalue weighted by atomic mass is 9.74. The molecule has 0 aromatic heterocycles. The van der Waals surface area contributed by atoms with Gasteiger partial charge >= 0.3 is 0 Å². The minimum Gasteiger partial charge on any atom is -0.497 e. The number of carbonyl (C=O) groups is 2. The SMILES string of the molecule is COc1cccc(C(=O)[C@H]2C(c3ccc(OC)cc3OC)=NO[C@@]23C(=O)Nc2ccccc23)c1. The van der Waals surface area contributed by atoms with Gasteiger partial charge in [-0.3, -0.25) is 9.59 Å². The van der Waals surface area contributed by atoms with Crippen LogP contribution >= 0.6 is 0 Å². The van der Waals surface area contributed by atoms with Crippen molar-refractivity contribution in [3.8, 4) is 17.2 Å². The number of nitrogens with one attached hydrogen (secondary N) is 1. The van der Waals surface area contributed by atoms with Crippen LogP contribution in [0.25, 0.3) is 0 Å². The highest BCUT2D eigenvalue weighted by atomic mass is 16.7. The molecule has 1 spiro atoms. The lowest BCUT2D eigenvalue weighted by Gasteiger charge is -2.27. The average Bonchev–Trinajstić information content (AvgIpc) is 3.41. The lowest BCUT2D eigenvalue weighted by Crippen LogP contribution is -2.46. The Bertz CT molecular complexity index is 1330. The molecule has 5 rings (SSSR count). The predicted octanol–water partition coefficient (Wildman–Crippen LogP) is 3.79. The fourth-order valence-electron chi connectivity index (χ4n) is 4.52. The molecule has 3 aromatic carbocycles. The van der Waals surface area contributed by atoms with Crippen LogP contribution in [0.3, 0.4) is 0 Å². The van der Waals surface area contributed by atoms with Crippen molar-refractivity contribution in [3.63, 3.8) is 0 Å². The fourth-order valence-corrected chi connectivity index (χ4v) is 4.52. The summed E-state index contributed by atoms with van der Waals surface area (Å²) in [4.78, 5) is 33.4. The van der Waals surface area contributed by atoms with Crippen molar-refractivity contribution >= 4 is 23.1 Å². The maximum absolute atomic E-state index is 14.1. The van der Waals surface area contributed by atoms with Gasteiger partial charge in [-0.25, -0.2) is 0 Å². The van der Waals surface area contributed by atoms with Crippen LogP contribution in [0, 0.1) is 5.92 Å². The van der Waals surface area contributed by atoms with Gasteiger partial charge in [0.25, 0.3) is 11.5 Å². The van der Waals surface area contributed by atoms with E-state index < -0.39 is 17.4 Å². The fraction of sp³-hybridized carbons (Fsp3) is 0.192. The number of para-hydroxylation sites is 1. The Labute approximate surface area is 196 Å². The molecule has 1 amide bonds. The number of hydrogen-bond donors (Lipinski definition) is 1. The summed E-state index contributed by atoms with van der Waals surface area (Å²) >= 11 is 0. The number of rotatable bonds is 6. The standard InChI is InChI=1S/C26H22N2O6/c1-31-16-8-6-7-15(13-16)24(29)22-23(18-12-11-17(32-2)14-21(18)33-3)28-34-26(22)19-9-4-5-10-20(19)27-25(26)30/h4-14,22H,1-3H3,(H,27,30)/t22-,26-/m1/s1. The average molecular weight is 458 g/mol. The van der Waals surface area contributed by atoms with Crippen molar-refractivity contribution in [1.29, 1.82) is 0 Å². The Morgan fingerprint density at radius 3 is 2.47 bits per heavy atom. The first-order chi connectivity index (χ1) is 16.5. The predicted molar refractivity (Wildman–Crippen MR) is 125 cm³/mol. The molecule has 0 saturated heterocycles. The minimum absolute atomic E-state index is 0.291. The Morgan fingerprint density at radius 2 is 1.71 bits per heavy atom. The first-order valence-electron chi connectivity index (χ1n) is 10.6. The molecule has 0 unspecified atom stereocenters. The third-order valence-corrected chi connectivity index (χ3v) is 6.18. The van der Waals surface area contributed by atoms with E-state index in [1.807, 2.05) is 0 Å². The third-order valence-electron chi connectivity index (χ3n) is 6.18. The summed E-state index contributed by atoms with van der Waals surface area (Å²) in [6, 6.07) is 19.1. The number of anilines is 1. The number of benzene rings is 3. The molecular formula is C26H22N2O6. The van der Waals surface area contributed by atoms with Crippen LogP contribution in [0.1, 0.15) is 21.5 Å². The van der Waals surface area contributed by atoms with Crippen molar-refractivity contribution in [1.82, 2.24) is 0 Å². The van der Waals surface area contributed by atoms with Crippen molar-refractivity contribution in [3.05, 3.63) is 83.4 Å². The lowest BCUT2D eigenvalue weighted by molar-refractivity contribution is -0.140. The number of methoxy groups -OCH3 is 3. The number of oxime groups is 1. The number of amides is 1. The minimum atomic E-state index is -1.66. The number of hydrogen-bond acceptors (Lipinski definition) is 7. The first-order valence-corrected chi connectivity index (χ1v) is 10.6. The van der Waals surface area contributed by atoms with Crippen LogP contribution in [0.5, 0.6) is 17.2 Å². The summed E-state index contributed by atoms with van der Waals surface area (Å²) in [6.45, 7) is 0. The van der Waals surface area contributed by atoms with Gasteiger partial charge in [0, 0.05) is 28.4 Å². The quantitative estimate of drug-likeness (QED) is 0.565. The van der Waals surface area contributed by atoms with Gasteiger partial charge in [0.1, 0.15) is 28.9 Å². The van der Waals surface area contributed by atoms with Gasteiger partial charge in [0.2, 0.25) is 0 Å². The van der Waals surface area contributed by atoms with E-state index in [1.165, 1.54) is 14.2 Å². The molecule has 0 radical (unpaired) electrons. The van der Waals surface area contributed by atoms with Gasteiger partial charge in [-0.2, -0.15) is 0 Å². The third kappa shape index (κ3) is 3.10. The number of carbonyl (C=O) groups excluding carboxylic acids is 2. The summed E-state index contributed by atoms with van der Waals surface area (Å²) in [7, 11) is 4.59. The van der Waals surface area contributed by atoms with Crippen LogP contribution in [-0.4, -0.2) is 38.7 Å². The molecule has 0 saturated carbocycles. The summed E-state index contributed by atoms with van der Waals surface area (Å²) in [5.74, 6) is -0.328. The molecule has 8 nitrogen and oxygen atoms in total. The maximum Gasteiger partial charge on any atom is 0.277 e. The zero-order chi connectivity index (χ0) is 23.9. The second kappa shape index (κ2) is 8.22. The van der Waals surface area contributed by atoms with Crippen LogP contribution in [0.4, 0.5) is 5.69 Å². The highest BCUT2D eigenvalue weighted by Gasteiger charge is 2.63. The molecule has 3 aromatic rings. The van der Waals surface area contributed by atoms with Gasteiger partial charge < -0.3 is 24.4 Å². The van der Waals surface area contributed by atoms with E-state index in [2.05, 4.69) is 10.5 Å². The maximum atomic E-state index is 14.1. The van der Waals surface area contributed by atoms with Crippen LogP contribution in [0.15, 0.2) is 71.9 Å². The van der Waals surface area contributed by atoms with Crippen LogP contribution < -0.4 is 19.5 Å². The number of fused-ring (bicyclic) bond motifs is 2. The number of ketones is 1. The molecule has 2 heterocycles. The van der Waals surface area contributed by atoms with Gasteiger partial charge in [0.15, 0.2) is 5.78 Å². The van der Waals surface area contributed by atoms with E-state index in [4.69, 9.17) is 19.0 Å². The number of nitrogens with zero attached hydrogens (tertiary/aromatic N) is 1. The molecule has 0 aliphatic carbocycles. The topological polar surface area (TPSA) is 95.5 Å². The van der Waals surface area contributed by atoms with E-state index >= 15 is 0 Å². The summed E-state index contributed by atoms with van der Waals surface area (Å²) < 4.78 is 16.2. The van der Waals surface area contributed by atoms with Crippen LogP contribution in [0.2, 0.25) is 0 Å². The van der Waals surface area contributed by atoms with Crippen LogP contribution in [-0.2, 0) is 15.2 Å². The van der Waals surface area contributed by atoms with E-state index in [0.29, 0.717) is 45.3 Å². The van der Waals surface area contributed by atoms with Crippen molar-refractivity contribution in [2.24, 2.45) is 11.1 Å². The smallest absolute Gasteiger partial charge is 0.277 e. The largest absolute Gasteiger partial charge is 0.497 e. The van der Waals surface area contributed by atoms with E-state index in [1.54, 1.807) is 73.8 Å². The van der Waals surface area contributed by atoms with Crippen molar-refractivity contribution in [2.45, 2.75) is 5.60 Å². The normalized spacial score (nSPS) is 20.3. The summed E-state index contributed by atoms with van der Waals surface area (Å²) in [5.41, 5.74) is 0.655. The highest BCUT2D eigenvalue weighted by molar-refractivity contribution is 6.25. The van der Waals surface area contributed by atoms with Gasteiger partial charge in [-0.05, 0) is 30.3 Å². The molecule has 2 atom stereocenters. The summed E-state index contributed by atoms with van der Waals surface area (Å²) in [5, 5.41) is 7.15. The molecular weight excluding hydrogens is 436 g/mol. The molecule has 2 aliphatic heterocycles. The molecule has 2 aliphatic rings. The zero-order valence-electron chi connectivity index (χ0n) is 18.8. The first kappa shape index (κ1) is 21.5. The second-order valence-electron chi connectivity index (χ2n) is 7.90. The van der Waals surface area contributed by atoms with E-state index in [-0.39, 0.29) is 5.78 Å². The zero-order valence-corrected chi connectivity index (χ0v) is 18.8. The monoisotopic (exact) mass is 458 g/mol. The highest BCUT2D eigenvalue weighted by Crippen LogP contribution is 2.50. The molecule has 1 N–H and O–H groups in total. The van der Waals surface area contributed by atoms with Crippen molar-refractivity contribution in [2.75, 3.05) is 26.6 Å². The Morgan fingerprint density at radius 1 is 0.941 bits per heavy atom. The number of Topliss-reactive ketones (excluding diaryl/α,β-unsaturated/α-hetero) is 1. The molecule has 34 heavy (non-hydrogen) atoms. The van der Waals surface area contributed by atoms with Crippen molar-refractivity contribution < 1.29 is 28.6 Å². The van der Waals surface area contributed by atoms with Gasteiger partial charge in [-0.1, -0.05) is 35.5 Å². The molecule has 172 valence electrons. The Hall–Kier alpha value is -4.33. The molecule has 0 bridgehead atoms. The second-order valence-corrected chi connectivity index (χ2v) is 7.90. The number of ether oxygens (including phenoxy) is 3. The Balaban J connectivity index is 1.71. The molecule has 0 fully saturated rings. The van der Waals surface area contributed by atoms with Gasteiger partial charge in [0.05, 0.1) is 21.3 Å². The molecule has 8 heteroatoms. The van der Waals surface area contributed by atoms with E-state index in [9.17, 15) is 9.59 Å². The Kier molecular flexibility index (Phi) is 5.20. The summed E-state index contributed by atoms with van der Waals surface area (Å²) in [6.07, 6.45) is 0. The van der Waals surface area contributed by atoms with E-state index in [0.717, 1.165) is 0 Å².